The fraction of sp³-hybridized carbons (Fsp3) is 0.167. The summed E-state index contributed by atoms with van der Waals surface area (Å²) in [6.07, 6.45) is 2.66. The Morgan fingerprint density at radius 2 is 1.75 bits per heavy atom. The predicted molar refractivity (Wildman–Crippen MR) is 113 cm³/mol. The molecule has 0 N–H and O–H groups in total. The van der Waals surface area contributed by atoms with Crippen molar-refractivity contribution in [1.82, 2.24) is 14.3 Å². The molecule has 0 aliphatic heterocycles. The van der Waals surface area contributed by atoms with Gasteiger partial charge in [-0.3, -0.25) is 14.0 Å². The van der Waals surface area contributed by atoms with Gasteiger partial charge in [0.1, 0.15) is 0 Å². The van der Waals surface area contributed by atoms with E-state index in [0.717, 1.165) is 40.0 Å². The summed E-state index contributed by atoms with van der Waals surface area (Å²) in [5.74, 6) is 6.37. The lowest BCUT2D eigenvalue weighted by Gasteiger charge is -2.14. The number of fused-ring (bicyclic) bond motifs is 1. The lowest BCUT2D eigenvalue weighted by Crippen LogP contribution is -2.22. The molecule has 4 heteroatoms. The second kappa shape index (κ2) is 7.21. The molecule has 0 unspecified atom stereocenters. The van der Waals surface area contributed by atoms with E-state index in [1.165, 1.54) is 0 Å². The molecule has 138 valence electrons. The van der Waals surface area contributed by atoms with E-state index >= 15 is 0 Å². The molecule has 2 heterocycles. The van der Waals surface area contributed by atoms with Gasteiger partial charge in [0.25, 0.3) is 5.56 Å². The van der Waals surface area contributed by atoms with Crippen LogP contribution in [0.15, 0.2) is 65.6 Å². The van der Waals surface area contributed by atoms with Crippen molar-refractivity contribution in [2.75, 3.05) is 0 Å². The highest BCUT2D eigenvalue weighted by molar-refractivity contribution is 5.88. The number of para-hydroxylation sites is 1. The number of hydrogen-bond donors (Lipinski definition) is 0. The molecule has 0 radical (unpaired) electrons. The van der Waals surface area contributed by atoms with Gasteiger partial charge in [0.05, 0.1) is 16.6 Å². The van der Waals surface area contributed by atoms with E-state index in [2.05, 4.69) is 29.9 Å². The van der Waals surface area contributed by atoms with Gasteiger partial charge < -0.3 is 0 Å². The topological polar surface area (TPSA) is 39.8 Å². The fourth-order valence-electron chi connectivity index (χ4n) is 3.50. The van der Waals surface area contributed by atoms with Crippen LogP contribution in [0.3, 0.4) is 0 Å². The number of nitrogens with zero attached hydrogens (tertiary/aromatic N) is 3. The highest BCUT2D eigenvalue weighted by Gasteiger charge is 2.12. The van der Waals surface area contributed by atoms with Crippen LogP contribution >= 0.6 is 0 Å². The van der Waals surface area contributed by atoms with Gasteiger partial charge in [-0.25, -0.2) is 0 Å². The smallest absolute Gasteiger partial charge is 0.264 e. The molecule has 0 saturated heterocycles. The molecular formula is C24H21N3O. The van der Waals surface area contributed by atoms with E-state index < -0.39 is 0 Å². The Hall–Kier alpha value is -3.58. The van der Waals surface area contributed by atoms with Gasteiger partial charge in [0.15, 0.2) is 0 Å². The third kappa shape index (κ3) is 3.12. The predicted octanol–water partition coefficient (Wildman–Crippen LogP) is 3.99. The molecule has 0 spiro atoms. The highest BCUT2D eigenvalue weighted by atomic mass is 16.1. The van der Waals surface area contributed by atoms with Crippen LogP contribution < -0.4 is 5.56 Å². The van der Waals surface area contributed by atoms with Crippen molar-refractivity contribution >= 4 is 10.8 Å². The summed E-state index contributed by atoms with van der Waals surface area (Å²) >= 11 is 0. The first-order valence-electron chi connectivity index (χ1n) is 9.34. The number of pyridine rings is 1. The summed E-state index contributed by atoms with van der Waals surface area (Å²) in [4.78, 5) is 13.5. The average molecular weight is 367 g/mol. The molecule has 2 aromatic heterocycles. The minimum absolute atomic E-state index is 0.0339. The normalized spacial score (nSPS) is 10.7. The van der Waals surface area contributed by atoms with Gasteiger partial charge in [-0.15, -0.1) is 0 Å². The van der Waals surface area contributed by atoms with Crippen molar-refractivity contribution in [2.45, 2.75) is 20.3 Å². The van der Waals surface area contributed by atoms with Gasteiger partial charge in [0, 0.05) is 30.2 Å². The molecule has 2 aromatic carbocycles. The van der Waals surface area contributed by atoms with Crippen LogP contribution in [0.25, 0.3) is 16.5 Å². The summed E-state index contributed by atoms with van der Waals surface area (Å²) in [5.41, 5.74) is 4.30. The average Bonchev–Trinajstić information content (AvgIpc) is 3.03. The first kappa shape index (κ1) is 17.8. The Kier molecular flexibility index (Phi) is 4.58. The van der Waals surface area contributed by atoms with E-state index in [9.17, 15) is 4.79 Å². The number of hydrogen-bond acceptors (Lipinski definition) is 2. The molecule has 0 fully saturated rings. The summed E-state index contributed by atoms with van der Waals surface area (Å²) in [7, 11) is 1.88. The van der Waals surface area contributed by atoms with Gasteiger partial charge in [-0.1, -0.05) is 49.1 Å². The first-order valence-corrected chi connectivity index (χ1v) is 9.34. The van der Waals surface area contributed by atoms with Gasteiger partial charge in [-0.05, 0) is 43.0 Å². The van der Waals surface area contributed by atoms with Crippen LogP contribution in [0.5, 0.6) is 0 Å². The van der Waals surface area contributed by atoms with Crippen LogP contribution in [0, 0.1) is 18.8 Å². The quantitative estimate of drug-likeness (QED) is 0.503. The zero-order chi connectivity index (χ0) is 19.7. The molecule has 0 saturated carbocycles. The lowest BCUT2D eigenvalue weighted by molar-refractivity contribution is 0.756. The number of aromatic nitrogens is 3. The zero-order valence-electron chi connectivity index (χ0n) is 16.2. The fourth-order valence-corrected chi connectivity index (χ4v) is 3.50. The number of aryl methyl sites for hydroxylation is 3. The lowest BCUT2D eigenvalue weighted by atomic mass is 10.0. The molecule has 28 heavy (non-hydrogen) atoms. The van der Waals surface area contributed by atoms with E-state index in [-0.39, 0.29) is 5.56 Å². The Morgan fingerprint density at radius 3 is 2.43 bits per heavy atom. The maximum absolute atomic E-state index is 13.5. The van der Waals surface area contributed by atoms with Crippen LogP contribution in [0.4, 0.5) is 0 Å². The molecule has 0 atom stereocenters. The van der Waals surface area contributed by atoms with E-state index in [4.69, 9.17) is 0 Å². The van der Waals surface area contributed by atoms with Gasteiger partial charge in [0.2, 0.25) is 0 Å². The Morgan fingerprint density at radius 1 is 1.00 bits per heavy atom. The molecular weight excluding hydrogens is 346 g/mol. The van der Waals surface area contributed by atoms with Crippen LogP contribution in [0.2, 0.25) is 0 Å². The molecule has 4 rings (SSSR count). The number of benzene rings is 2. The van der Waals surface area contributed by atoms with Crippen LogP contribution in [0.1, 0.15) is 29.4 Å². The maximum Gasteiger partial charge on any atom is 0.264 e. The van der Waals surface area contributed by atoms with Crippen LogP contribution in [-0.4, -0.2) is 14.3 Å². The second-order valence-corrected chi connectivity index (χ2v) is 6.79. The van der Waals surface area contributed by atoms with Crippen molar-refractivity contribution in [2.24, 2.45) is 7.05 Å². The highest BCUT2D eigenvalue weighted by Crippen LogP contribution is 2.19. The van der Waals surface area contributed by atoms with E-state index in [1.807, 2.05) is 68.7 Å². The molecule has 4 aromatic rings. The van der Waals surface area contributed by atoms with E-state index in [0.29, 0.717) is 5.39 Å². The molecule has 4 nitrogen and oxygen atoms in total. The Balaban J connectivity index is 1.98. The maximum atomic E-state index is 13.5. The summed E-state index contributed by atoms with van der Waals surface area (Å²) < 4.78 is 3.54. The molecule has 0 aliphatic rings. The number of rotatable bonds is 2. The Bertz CT molecular complexity index is 1280. The molecule has 0 bridgehead atoms. The summed E-state index contributed by atoms with van der Waals surface area (Å²) in [5, 5.41) is 5.90. The van der Waals surface area contributed by atoms with Crippen LogP contribution in [-0.2, 0) is 13.5 Å². The SMILES string of the molecule is CCc1cc2cccc(C#Cc3cn(C)nc3C)c2c(=O)n1-c1ccccc1. The monoisotopic (exact) mass is 367 g/mol. The third-order valence-corrected chi connectivity index (χ3v) is 4.84. The molecule has 0 aliphatic carbocycles. The van der Waals surface area contributed by atoms with Gasteiger partial charge in [-0.2, -0.15) is 5.10 Å². The standard InChI is InChI=1S/C24H21N3O/c1-4-21-15-19-10-8-9-18(13-14-20-16-26(3)25-17(20)2)23(19)24(28)27(21)22-11-6-5-7-12-22/h5-12,15-16H,4H2,1-3H3. The summed E-state index contributed by atoms with van der Waals surface area (Å²) in [6, 6.07) is 17.7. The summed E-state index contributed by atoms with van der Waals surface area (Å²) in [6.45, 7) is 4.00. The minimum Gasteiger partial charge on any atom is -0.281 e. The van der Waals surface area contributed by atoms with Crippen molar-refractivity contribution in [3.8, 4) is 17.5 Å². The largest absolute Gasteiger partial charge is 0.281 e. The van der Waals surface area contributed by atoms with E-state index in [1.54, 1.807) is 9.25 Å². The van der Waals surface area contributed by atoms with Crippen molar-refractivity contribution in [3.63, 3.8) is 0 Å². The van der Waals surface area contributed by atoms with Crippen molar-refractivity contribution in [3.05, 3.63) is 93.7 Å². The van der Waals surface area contributed by atoms with Gasteiger partial charge >= 0.3 is 0 Å². The Labute approximate surface area is 164 Å². The third-order valence-electron chi connectivity index (χ3n) is 4.84. The minimum atomic E-state index is -0.0339. The van der Waals surface area contributed by atoms with Crippen molar-refractivity contribution < 1.29 is 0 Å². The first-order chi connectivity index (χ1) is 13.6. The zero-order valence-corrected chi connectivity index (χ0v) is 16.2. The van der Waals surface area contributed by atoms with Crippen molar-refractivity contribution in [1.29, 1.82) is 0 Å². The molecule has 0 amide bonds. The second-order valence-electron chi connectivity index (χ2n) is 6.79.